The minimum atomic E-state index is -1.02. The number of aromatic nitrogens is 1. The number of nitrogens with zero attached hydrogens (tertiary/aromatic N) is 1. The third-order valence-electron chi connectivity index (χ3n) is 2.15. The van der Waals surface area contributed by atoms with Crippen molar-refractivity contribution in [2.45, 2.75) is 12.5 Å². The molecule has 1 aromatic heterocycles. The number of thioether (sulfide) groups is 1. The second-order valence-corrected chi connectivity index (χ2v) is 5.78. The van der Waals surface area contributed by atoms with E-state index in [4.69, 9.17) is 0 Å². The van der Waals surface area contributed by atoms with Crippen LogP contribution < -0.4 is 5.32 Å². The molecule has 0 saturated carbocycles. The number of hydrogen-bond acceptors (Lipinski definition) is 4. The number of hydrogen-bond donors (Lipinski definition) is 2. The molecule has 0 saturated heterocycles. The molecular weight excluding hydrogens is 323 g/mol. The Balaban J connectivity index is 2.69. The highest BCUT2D eigenvalue weighted by Crippen LogP contribution is 2.13. The highest BCUT2D eigenvalue weighted by Gasteiger charge is 2.22. The van der Waals surface area contributed by atoms with Gasteiger partial charge in [-0.3, -0.25) is 4.79 Å². The van der Waals surface area contributed by atoms with Crippen LogP contribution in [0.2, 0.25) is 0 Å². The van der Waals surface area contributed by atoms with Crippen LogP contribution in [0.25, 0.3) is 0 Å². The predicted octanol–water partition coefficient (Wildman–Crippen LogP) is 1.83. The molecule has 7 heteroatoms. The first-order chi connectivity index (χ1) is 8.35. The first-order valence-corrected chi connectivity index (χ1v) is 7.35. The predicted molar refractivity (Wildman–Crippen MR) is 73.2 cm³/mol. The van der Waals surface area contributed by atoms with Gasteiger partial charge >= 0.3 is 0 Å². The van der Waals surface area contributed by atoms with Crippen LogP contribution >= 0.6 is 27.7 Å². The van der Waals surface area contributed by atoms with Gasteiger partial charge in [0, 0.05) is 12.3 Å². The van der Waals surface area contributed by atoms with Crippen molar-refractivity contribution in [2.75, 3.05) is 18.6 Å². The van der Waals surface area contributed by atoms with Gasteiger partial charge in [0.2, 0.25) is 0 Å². The van der Waals surface area contributed by atoms with Crippen molar-refractivity contribution in [3.05, 3.63) is 28.2 Å². The maximum absolute atomic E-state index is 13.4. The fourth-order valence-electron chi connectivity index (χ4n) is 1.32. The molecule has 2 N–H and O–H groups in total. The smallest absolute Gasteiger partial charge is 0.254 e. The molecule has 1 atom stereocenters. The van der Waals surface area contributed by atoms with Gasteiger partial charge in [-0.25, -0.2) is 9.37 Å². The van der Waals surface area contributed by atoms with E-state index < -0.39 is 17.3 Å². The first-order valence-electron chi connectivity index (χ1n) is 5.16. The molecule has 18 heavy (non-hydrogen) atoms. The number of carbonyl (C=O) groups is 1. The van der Waals surface area contributed by atoms with E-state index in [1.807, 2.05) is 6.26 Å². The van der Waals surface area contributed by atoms with E-state index in [1.54, 1.807) is 6.92 Å². The molecule has 1 heterocycles. The Bertz CT molecular complexity index is 443. The average molecular weight is 337 g/mol. The largest absolute Gasteiger partial charge is 0.387 e. The first kappa shape index (κ1) is 15.4. The summed E-state index contributed by atoms with van der Waals surface area (Å²) in [7, 11) is 0. The number of aliphatic hydroxyl groups is 1. The maximum atomic E-state index is 13.4. The Morgan fingerprint density at radius 3 is 3.00 bits per heavy atom. The van der Waals surface area contributed by atoms with Gasteiger partial charge in [0.15, 0.2) is 5.82 Å². The second kappa shape index (κ2) is 6.49. The molecule has 0 bridgehead atoms. The van der Waals surface area contributed by atoms with Crippen LogP contribution in [0, 0.1) is 5.82 Å². The molecule has 1 aromatic rings. The van der Waals surface area contributed by atoms with Crippen molar-refractivity contribution in [3.63, 3.8) is 0 Å². The Kier molecular flexibility index (Phi) is 5.55. The summed E-state index contributed by atoms with van der Waals surface area (Å²) in [5.74, 6) is -0.785. The lowest BCUT2D eigenvalue weighted by Gasteiger charge is -2.22. The SMILES string of the molecule is CSCC(C)(O)CNC(=O)c1cc(Br)ncc1F. The number of carbonyl (C=O) groups excluding carboxylic acids is 1. The normalized spacial score (nSPS) is 14.1. The lowest BCUT2D eigenvalue weighted by Crippen LogP contribution is -2.42. The number of amides is 1. The van der Waals surface area contributed by atoms with Gasteiger partial charge in [-0.2, -0.15) is 11.8 Å². The molecule has 0 fully saturated rings. The zero-order chi connectivity index (χ0) is 13.8. The van der Waals surface area contributed by atoms with Crippen molar-refractivity contribution < 1.29 is 14.3 Å². The molecule has 1 unspecified atom stereocenters. The highest BCUT2D eigenvalue weighted by molar-refractivity contribution is 9.10. The van der Waals surface area contributed by atoms with Gasteiger partial charge in [-0.05, 0) is 35.2 Å². The van der Waals surface area contributed by atoms with Crippen LogP contribution in [-0.2, 0) is 0 Å². The second-order valence-electron chi connectivity index (χ2n) is 4.10. The van der Waals surface area contributed by atoms with E-state index in [1.165, 1.54) is 17.8 Å². The summed E-state index contributed by atoms with van der Waals surface area (Å²) in [6, 6.07) is 1.30. The summed E-state index contributed by atoms with van der Waals surface area (Å²) < 4.78 is 13.8. The van der Waals surface area contributed by atoms with Crippen molar-refractivity contribution in [1.82, 2.24) is 10.3 Å². The van der Waals surface area contributed by atoms with Gasteiger partial charge in [0.05, 0.1) is 17.4 Å². The van der Waals surface area contributed by atoms with E-state index in [0.29, 0.717) is 10.4 Å². The molecular formula is C11H14BrFN2O2S. The van der Waals surface area contributed by atoms with Crippen LogP contribution in [-0.4, -0.2) is 40.2 Å². The molecule has 0 aliphatic carbocycles. The summed E-state index contributed by atoms with van der Waals surface area (Å²) in [5, 5.41) is 12.4. The Morgan fingerprint density at radius 2 is 2.39 bits per heavy atom. The molecule has 1 amide bonds. The number of pyridine rings is 1. The molecule has 0 aliphatic heterocycles. The van der Waals surface area contributed by atoms with E-state index in [-0.39, 0.29) is 12.1 Å². The van der Waals surface area contributed by atoms with Gasteiger partial charge < -0.3 is 10.4 Å². The minimum Gasteiger partial charge on any atom is -0.387 e. The van der Waals surface area contributed by atoms with E-state index in [2.05, 4.69) is 26.2 Å². The zero-order valence-corrected chi connectivity index (χ0v) is 12.4. The monoisotopic (exact) mass is 336 g/mol. The highest BCUT2D eigenvalue weighted by atomic mass is 79.9. The van der Waals surface area contributed by atoms with Gasteiger partial charge in [-0.1, -0.05) is 0 Å². The van der Waals surface area contributed by atoms with Crippen LogP contribution in [0.3, 0.4) is 0 Å². The molecule has 1 rings (SSSR count). The Hall–Kier alpha value is -0.660. The van der Waals surface area contributed by atoms with Crippen molar-refractivity contribution >= 4 is 33.6 Å². The third kappa shape index (κ3) is 4.55. The maximum Gasteiger partial charge on any atom is 0.254 e. The molecule has 0 radical (unpaired) electrons. The molecule has 100 valence electrons. The third-order valence-corrected chi connectivity index (χ3v) is 3.50. The van der Waals surface area contributed by atoms with Crippen LogP contribution in [0.5, 0.6) is 0 Å². The summed E-state index contributed by atoms with van der Waals surface area (Å²) >= 11 is 4.54. The standard InChI is InChI=1S/C11H14BrFN2O2S/c1-11(17,6-18-2)5-15-10(16)7-3-9(12)14-4-8(7)13/h3-4,17H,5-6H2,1-2H3,(H,15,16). The van der Waals surface area contributed by atoms with Crippen LogP contribution in [0.1, 0.15) is 17.3 Å². The summed E-state index contributed by atoms with van der Waals surface area (Å²) in [4.78, 5) is 15.4. The van der Waals surface area contributed by atoms with E-state index in [9.17, 15) is 14.3 Å². The van der Waals surface area contributed by atoms with Crippen molar-refractivity contribution in [3.8, 4) is 0 Å². The topological polar surface area (TPSA) is 62.2 Å². The summed E-state index contributed by atoms with van der Waals surface area (Å²) in [6.07, 6.45) is 2.83. The zero-order valence-electron chi connectivity index (χ0n) is 10.0. The van der Waals surface area contributed by atoms with Gasteiger partial charge in [0.25, 0.3) is 5.91 Å². The number of rotatable bonds is 5. The van der Waals surface area contributed by atoms with Gasteiger partial charge in [-0.15, -0.1) is 0 Å². The van der Waals surface area contributed by atoms with E-state index >= 15 is 0 Å². The Morgan fingerprint density at radius 1 is 1.72 bits per heavy atom. The summed E-state index contributed by atoms with van der Waals surface area (Å²) in [6.45, 7) is 1.68. The van der Waals surface area contributed by atoms with E-state index in [0.717, 1.165) is 6.20 Å². The molecule has 4 nitrogen and oxygen atoms in total. The fraction of sp³-hybridized carbons (Fsp3) is 0.455. The molecule has 0 aliphatic rings. The quantitative estimate of drug-likeness (QED) is 0.805. The van der Waals surface area contributed by atoms with Crippen LogP contribution in [0.15, 0.2) is 16.9 Å². The molecule has 0 aromatic carbocycles. The lowest BCUT2D eigenvalue weighted by atomic mass is 10.1. The Labute approximate surface area is 118 Å². The summed E-state index contributed by atoms with van der Waals surface area (Å²) in [5.41, 5.74) is -1.12. The fourth-order valence-corrected chi connectivity index (χ4v) is 2.37. The minimum absolute atomic E-state index is 0.0616. The average Bonchev–Trinajstić information content (AvgIpc) is 2.29. The number of halogens is 2. The van der Waals surface area contributed by atoms with Crippen molar-refractivity contribution in [1.29, 1.82) is 0 Å². The van der Waals surface area contributed by atoms with Crippen molar-refractivity contribution in [2.24, 2.45) is 0 Å². The van der Waals surface area contributed by atoms with Crippen LogP contribution in [0.4, 0.5) is 4.39 Å². The number of nitrogens with one attached hydrogen (secondary N) is 1. The van der Waals surface area contributed by atoms with Gasteiger partial charge in [0.1, 0.15) is 4.60 Å². The lowest BCUT2D eigenvalue weighted by molar-refractivity contribution is 0.0722. The molecule has 0 spiro atoms.